The molecule has 0 unspecified atom stereocenters. The van der Waals surface area contributed by atoms with Gasteiger partial charge in [0.05, 0.1) is 25.1 Å². The number of nitrogens with zero attached hydrogens (tertiary/aromatic N) is 2. The third kappa shape index (κ3) is 5.12. The van der Waals surface area contributed by atoms with Gasteiger partial charge >= 0.3 is 0 Å². The fourth-order valence-electron chi connectivity index (χ4n) is 3.58. The molecule has 0 spiro atoms. The van der Waals surface area contributed by atoms with Gasteiger partial charge in [-0.1, -0.05) is 50.2 Å². The standard InChI is InChI=1S/C26H29N3O2/c1-18(2)20-8-10-21(11-9-20)26(28-3)24-15-23(31-4)12-13-25(24)29(17-30)16-19-6-5-7-22(27)14-19/h5-15,17-18H,16,27H2,1-4H3. The molecule has 0 fully saturated rings. The molecule has 0 heterocycles. The van der Waals surface area contributed by atoms with E-state index in [9.17, 15) is 4.79 Å². The Morgan fingerprint density at radius 3 is 2.42 bits per heavy atom. The van der Waals surface area contributed by atoms with Crippen molar-refractivity contribution >= 4 is 23.5 Å². The second-order valence-corrected chi connectivity index (χ2v) is 7.71. The van der Waals surface area contributed by atoms with Crippen molar-refractivity contribution in [1.29, 1.82) is 0 Å². The molecule has 3 aromatic rings. The van der Waals surface area contributed by atoms with Gasteiger partial charge in [-0.15, -0.1) is 0 Å². The van der Waals surface area contributed by atoms with Crippen LogP contribution < -0.4 is 15.4 Å². The first-order valence-electron chi connectivity index (χ1n) is 10.3. The van der Waals surface area contributed by atoms with Crippen LogP contribution in [0.4, 0.5) is 11.4 Å². The summed E-state index contributed by atoms with van der Waals surface area (Å²) in [6.45, 7) is 4.74. The Balaban J connectivity index is 2.06. The lowest BCUT2D eigenvalue weighted by atomic mass is 9.96. The Bertz CT molecular complexity index is 1070. The smallest absolute Gasteiger partial charge is 0.214 e. The predicted molar refractivity (Wildman–Crippen MR) is 128 cm³/mol. The van der Waals surface area contributed by atoms with Gasteiger partial charge in [-0.05, 0) is 47.4 Å². The van der Waals surface area contributed by atoms with E-state index in [2.05, 4.69) is 43.1 Å². The molecule has 0 aliphatic heterocycles. The van der Waals surface area contributed by atoms with Crippen molar-refractivity contribution in [2.24, 2.45) is 4.99 Å². The van der Waals surface area contributed by atoms with Crippen molar-refractivity contribution < 1.29 is 9.53 Å². The second kappa shape index (κ2) is 9.94. The van der Waals surface area contributed by atoms with Gasteiger partial charge in [0.25, 0.3) is 0 Å². The normalized spacial score (nSPS) is 11.5. The number of benzene rings is 3. The minimum Gasteiger partial charge on any atom is -0.497 e. The molecule has 3 aromatic carbocycles. The van der Waals surface area contributed by atoms with E-state index in [-0.39, 0.29) is 0 Å². The number of carbonyl (C=O) groups excluding carboxylic acids is 1. The number of methoxy groups -OCH3 is 1. The first kappa shape index (κ1) is 22.1. The molecule has 0 aromatic heterocycles. The highest BCUT2D eigenvalue weighted by atomic mass is 16.5. The summed E-state index contributed by atoms with van der Waals surface area (Å²) in [4.78, 5) is 18.3. The zero-order valence-electron chi connectivity index (χ0n) is 18.5. The van der Waals surface area contributed by atoms with Crippen molar-refractivity contribution in [2.75, 3.05) is 24.8 Å². The monoisotopic (exact) mass is 415 g/mol. The number of hydrogen-bond donors (Lipinski definition) is 1. The zero-order valence-corrected chi connectivity index (χ0v) is 18.5. The lowest BCUT2D eigenvalue weighted by Gasteiger charge is -2.23. The Hall–Kier alpha value is -3.60. The van der Waals surface area contributed by atoms with E-state index in [0.29, 0.717) is 23.9 Å². The van der Waals surface area contributed by atoms with Crippen molar-refractivity contribution in [3.8, 4) is 5.75 Å². The number of nitrogen functional groups attached to an aromatic ring is 1. The van der Waals surface area contributed by atoms with Crippen LogP contribution in [-0.4, -0.2) is 26.3 Å². The van der Waals surface area contributed by atoms with Gasteiger partial charge in [0.15, 0.2) is 0 Å². The molecule has 0 saturated carbocycles. The van der Waals surface area contributed by atoms with Crippen LogP contribution in [0.25, 0.3) is 0 Å². The van der Waals surface area contributed by atoms with Crippen LogP contribution in [0.15, 0.2) is 71.7 Å². The molecular weight excluding hydrogens is 386 g/mol. The molecule has 0 aliphatic carbocycles. The van der Waals surface area contributed by atoms with E-state index in [1.807, 2.05) is 42.5 Å². The highest BCUT2D eigenvalue weighted by Gasteiger charge is 2.18. The van der Waals surface area contributed by atoms with Gasteiger partial charge in [-0.2, -0.15) is 0 Å². The van der Waals surface area contributed by atoms with Crippen LogP contribution in [-0.2, 0) is 11.3 Å². The molecule has 2 N–H and O–H groups in total. The van der Waals surface area contributed by atoms with Gasteiger partial charge in [-0.3, -0.25) is 9.79 Å². The van der Waals surface area contributed by atoms with Crippen molar-refractivity contribution in [3.63, 3.8) is 0 Å². The van der Waals surface area contributed by atoms with Crippen molar-refractivity contribution in [1.82, 2.24) is 0 Å². The number of aliphatic imine (C=N–C) groups is 1. The third-order valence-electron chi connectivity index (χ3n) is 5.27. The summed E-state index contributed by atoms with van der Waals surface area (Å²) in [7, 11) is 3.39. The van der Waals surface area contributed by atoms with Gasteiger partial charge in [0.2, 0.25) is 6.41 Å². The fraction of sp³-hybridized carbons (Fsp3) is 0.231. The highest BCUT2D eigenvalue weighted by molar-refractivity contribution is 6.16. The van der Waals surface area contributed by atoms with E-state index < -0.39 is 0 Å². The summed E-state index contributed by atoms with van der Waals surface area (Å²) in [6, 6.07) is 21.6. The first-order valence-corrected chi connectivity index (χ1v) is 10.3. The number of ether oxygens (including phenoxy) is 1. The molecule has 0 bridgehead atoms. The number of amides is 1. The van der Waals surface area contributed by atoms with Crippen LogP contribution in [0.5, 0.6) is 5.75 Å². The average Bonchev–Trinajstić information content (AvgIpc) is 2.78. The summed E-state index contributed by atoms with van der Waals surface area (Å²) < 4.78 is 5.46. The van der Waals surface area contributed by atoms with Crippen LogP contribution in [0.2, 0.25) is 0 Å². The second-order valence-electron chi connectivity index (χ2n) is 7.71. The molecule has 5 nitrogen and oxygen atoms in total. The fourth-order valence-corrected chi connectivity index (χ4v) is 3.58. The molecule has 5 heteroatoms. The third-order valence-corrected chi connectivity index (χ3v) is 5.27. The summed E-state index contributed by atoms with van der Waals surface area (Å²) in [5.74, 6) is 1.15. The molecule has 1 amide bonds. The molecule has 0 saturated heterocycles. The Morgan fingerprint density at radius 1 is 1.10 bits per heavy atom. The highest BCUT2D eigenvalue weighted by Crippen LogP contribution is 2.29. The Kier molecular flexibility index (Phi) is 7.08. The maximum absolute atomic E-state index is 12.1. The Labute approximate surface area is 184 Å². The summed E-state index contributed by atoms with van der Waals surface area (Å²) >= 11 is 0. The predicted octanol–water partition coefficient (Wildman–Crippen LogP) is 5.03. The van der Waals surface area contributed by atoms with Gasteiger partial charge in [0, 0.05) is 23.9 Å². The minimum absolute atomic E-state index is 0.400. The number of rotatable bonds is 8. The van der Waals surface area contributed by atoms with Gasteiger partial charge in [-0.25, -0.2) is 0 Å². The number of hydrogen-bond acceptors (Lipinski definition) is 4. The molecule has 160 valence electrons. The first-order chi connectivity index (χ1) is 15.0. The number of anilines is 2. The molecular formula is C26H29N3O2. The zero-order chi connectivity index (χ0) is 22.4. The number of carbonyl (C=O) groups is 1. The van der Waals surface area contributed by atoms with Crippen LogP contribution in [0, 0.1) is 0 Å². The van der Waals surface area contributed by atoms with Crippen LogP contribution in [0.3, 0.4) is 0 Å². The lowest BCUT2D eigenvalue weighted by molar-refractivity contribution is -0.107. The van der Waals surface area contributed by atoms with E-state index in [4.69, 9.17) is 10.5 Å². The molecule has 0 aliphatic rings. The Morgan fingerprint density at radius 2 is 1.84 bits per heavy atom. The average molecular weight is 416 g/mol. The largest absolute Gasteiger partial charge is 0.497 e. The molecule has 0 atom stereocenters. The van der Waals surface area contributed by atoms with Crippen molar-refractivity contribution in [3.05, 3.63) is 89.0 Å². The topological polar surface area (TPSA) is 67.9 Å². The van der Waals surface area contributed by atoms with E-state index >= 15 is 0 Å². The van der Waals surface area contributed by atoms with E-state index in [1.165, 1.54) is 5.56 Å². The van der Waals surface area contributed by atoms with Crippen molar-refractivity contribution in [2.45, 2.75) is 26.3 Å². The molecule has 0 radical (unpaired) electrons. The quantitative estimate of drug-likeness (QED) is 0.319. The van der Waals surface area contributed by atoms with E-state index in [0.717, 1.165) is 34.5 Å². The number of nitrogens with two attached hydrogens (primary N) is 1. The summed E-state index contributed by atoms with van der Waals surface area (Å²) in [5, 5.41) is 0. The van der Waals surface area contributed by atoms with E-state index in [1.54, 1.807) is 19.1 Å². The van der Waals surface area contributed by atoms with Gasteiger partial charge < -0.3 is 15.4 Å². The lowest BCUT2D eigenvalue weighted by Crippen LogP contribution is -2.23. The van der Waals surface area contributed by atoms with Crippen LogP contribution >= 0.6 is 0 Å². The van der Waals surface area contributed by atoms with Gasteiger partial charge in [0.1, 0.15) is 5.75 Å². The molecule has 31 heavy (non-hydrogen) atoms. The summed E-state index contributed by atoms with van der Waals surface area (Å²) in [6.07, 6.45) is 0.837. The maximum Gasteiger partial charge on any atom is 0.214 e. The maximum atomic E-state index is 12.1. The summed E-state index contributed by atoms with van der Waals surface area (Å²) in [5.41, 5.74) is 12.2. The minimum atomic E-state index is 0.400. The molecule has 3 rings (SSSR count). The van der Waals surface area contributed by atoms with Crippen LogP contribution in [0.1, 0.15) is 42.0 Å². The SMILES string of the molecule is CN=C(c1ccc(C(C)C)cc1)c1cc(OC)ccc1N(C=O)Cc1cccc(N)c1.